The fraction of sp³-hybridized carbons (Fsp3) is 0.556. The van der Waals surface area contributed by atoms with Crippen LogP contribution < -0.4 is 4.90 Å². The summed E-state index contributed by atoms with van der Waals surface area (Å²) >= 11 is 0. The van der Waals surface area contributed by atoms with Gasteiger partial charge in [-0.2, -0.15) is 0 Å². The normalized spacial score (nSPS) is 23.8. The van der Waals surface area contributed by atoms with Gasteiger partial charge in [0.25, 0.3) is 5.91 Å². The molecule has 2 heterocycles. The van der Waals surface area contributed by atoms with Crippen molar-refractivity contribution in [3.63, 3.8) is 0 Å². The summed E-state index contributed by atoms with van der Waals surface area (Å²) in [6.45, 7) is 10.8. The van der Waals surface area contributed by atoms with Crippen LogP contribution in [0.3, 0.4) is 0 Å². The van der Waals surface area contributed by atoms with E-state index in [0.29, 0.717) is 6.42 Å². The summed E-state index contributed by atoms with van der Waals surface area (Å²) in [5.41, 5.74) is 2.77. The molecule has 0 aromatic heterocycles. The lowest BCUT2D eigenvalue weighted by Gasteiger charge is -2.36. The maximum Gasteiger partial charge on any atom is 0.251 e. The maximum atomic E-state index is 12.9. The van der Waals surface area contributed by atoms with Crippen molar-refractivity contribution in [3.8, 4) is 0 Å². The standard InChI is InChI=1S/C18H25N3O2/c1-4-19-7-9-20(10-8-19)16-12-17(22)21(18(16)23)15-11-13(2)5-6-14(15)3/h5-6,11,16H,4,7-10,12H2,1-3H3/t16-/m1/s1. The molecule has 2 saturated heterocycles. The lowest BCUT2D eigenvalue weighted by molar-refractivity contribution is -0.123. The highest BCUT2D eigenvalue weighted by Gasteiger charge is 2.43. The van der Waals surface area contributed by atoms with Gasteiger partial charge in [0.2, 0.25) is 5.91 Å². The van der Waals surface area contributed by atoms with Crippen LogP contribution in [0.5, 0.6) is 0 Å². The average Bonchev–Trinajstić information content (AvgIpc) is 2.85. The second-order valence-electron chi connectivity index (χ2n) is 6.55. The number of amides is 2. The fourth-order valence-electron chi connectivity index (χ4n) is 3.51. The molecule has 1 aromatic rings. The molecule has 5 heteroatoms. The van der Waals surface area contributed by atoms with Gasteiger partial charge < -0.3 is 4.90 Å². The van der Waals surface area contributed by atoms with E-state index in [0.717, 1.165) is 49.5 Å². The first-order chi connectivity index (χ1) is 11.0. The molecule has 2 fully saturated rings. The maximum absolute atomic E-state index is 12.9. The van der Waals surface area contributed by atoms with Crippen LogP contribution in [0.4, 0.5) is 5.69 Å². The molecular weight excluding hydrogens is 290 g/mol. The highest BCUT2D eigenvalue weighted by molar-refractivity contribution is 6.22. The van der Waals surface area contributed by atoms with Crippen molar-refractivity contribution in [1.29, 1.82) is 0 Å². The zero-order chi connectivity index (χ0) is 16.6. The van der Waals surface area contributed by atoms with Crippen LogP contribution in [0.1, 0.15) is 24.5 Å². The van der Waals surface area contributed by atoms with Crippen LogP contribution in [-0.2, 0) is 9.59 Å². The number of anilines is 1. The Morgan fingerprint density at radius 3 is 2.43 bits per heavy atom. The Kier molecular flexibility index (Phi) is 4.50. The van der Waals surface area contributed by atoms with Crippen LogP contribution >= 0.6 is 0 Å². The SMILES string of the molecule is CCN1CCN([C@@H]2CC(=O)N(c3cc(C)ccc3C)C2=O)CC1. The Morgan fingerprint density at radius 1 is 1.09 bits per heavy atom. The van der Waals surface area contributed by atoms with Crippen molar-refractivity contribution in [3.05, 3.63) is 29.3 Å². The molecule has 3 rings (SSSR count). The summed E-state index contributed by atoms with van der Waals surface area (Å²) in [6, 6.07) is 5.62. The van der Waals surface area contributed by atoms with Crippen LogP contribution in [0.25, 0.3) is 0 Å². The van der Waals surface area contributed by atoms with Crippen molar-refractivity contribution in [1.82, 2.24) is 9.80 Å². The minimum absolute atomic E-state index is 0.0614. The Hall–Kier alpha value is -1.72. The molecule has 124 valence electrons. The number of imide groups is 1. The Bertz CT molecular complexity index is 621. The fourth-order valence-corrected chi connectivity index (χ4v) is 3.51. The van der Waals surface area contributed by atoms with E-state index in [1.165, 1.54) is 4.90 Å². The number of hydrogen-bond acceptors (Lipinski definition) is 4. The molecule has 1 atom stereocenters. The monoisotopic (exact) mass is 315 g/mol. The van der Waals surface area contributed by atoms with Crippen LogP contribution in [0, 0.1) is 13.8 Å². The molecule has 0 N–H and O–H groups in total. The number of piperazine rings is 1. The molecule has 0 radical (unpaired) electrons. The average molecular weight is 315 g/mol. The third kappa shape index (κ3) is 3.03. The van der Waals surface area contributed by atoms with E-state index >= 15 is 0 Å². The lowest BCUT2D eigenvalue weighted by Crippen LogP contribution is -2.52. The molecular formula is C18H25N3O2. The number of nitrogens with zero attached hydrogens (tertiary/aromatic N) is 3. The van der Waals surface area contributed by atoms with Gasteiger partial charge in [0, 0.05) is 26.2 Å². The third-order valence-corrected chi connectivity index (χ3v) is 5.02. The van der Waals surface area contributed by atoms with Gasteiger partial charge in [-0.3, -0.25) is 14.5 Å². The predicted molar refractivity (Wildman–Crippen MR) is 90.5 cm³/mol. The van der Waals surface area contributed by atoms with Crippen molar-refractivity contribution >= 4 is 17.5 Å². The molecule has 2 aliphatic rings. The van der Waals surface area contributed by atoms with Crippen LogP contribution in [-0.4, -0.2) is 60.4 Å². The summed E-state index contributed by atoms with van der Waals surface area (Å²) in [7, 11) is 0. The minimum Gasteiger partial charge on any atom is -0.301 e. The molecule has 0 unspecified atom stereocenters. The molecule has 2 aliphatic heterocycles. The van der Waals surface area contributed by atoms with E-state index < -0.39 is 0 Å². The van der Waals surface area contributed by atoms with Crippen molar-refractivity contribution in [2.24, 2.45) is 0 Å². The highest BCUT2D eigenvalue weighted by atomic mass is 16.2. The first-order valence-corrected chi connectivity index (χ1v) is 8.41. The molecule has 0 saturated carbocycles. The number of benzene rings is 1. The largest absolute Gasteiger partial charge is 0.301 e. The summed E-state index contributed by atoms with van der Waals surface area (Å²) in [5.74, 6) is -0.139. The highest BCUT2D eigenvalue weighted by Crippen LogP contribution is 2.29. The molecule has 2 amide bonds. The van der Waals surface area contributed by atoms with Gasteiger partial charge in [0.1, 0.15) is 0 Å². The molecule has 23 heavy (non-hydrogen) atoms. The molecule has 0 spiro atoms. The van der Waals surface area contributed by atoms with Crippen molar-refractivity contribution in [2.75, 3.05) is 37.6 Å². The Labute approximate surface area is 137 Å². The number of aryl methyl sites for hydroxylation is 2. The van der Waals surface area contributed by atoms with Gasteiger partial charge in [-0.1, -0.05) is 19.1 Å². The predicted octanol–water partition coefficient (Wildman–Crippen LogP) is 1.57. The van der Waals surface area contributed by atoms with Crippen molar-refractivity contribution < 1.29 is 9.59 Å². The molecule has 0 aliphatic carbocycles. The molecule has 5 nitrogen and oxygen atoms in total. The van der Waals surface area contributed by atoms with E-state index in [2.05, 4.69) is 16.7 Å². The first kappa shape index (κ1) is 16.1. The summed E-state index contributed by atoms with van der Waals surface area (Å²) in [6.07, 6.45) is 0.304. The quantitative estimate of drug-likeness (QED) is 0.794. The summed E-state index contributed by atoms with van der Waals surface area (Å²) < 4.78 is 0. The number of likely N-dealkylation sites (N-methyl/N-ethyl adjacent to an activating group) is 1. The second-order valence-corrected chi connectivity index (χ2v) is 6.55. The number of carbonyl (C=O) groups excluding carboxylic acids is 2. The van der Waals surface area contributed by atoms with Gasteiger partial charge in [-0.05, 0) is 37.6 Å². The lowest BCUT2D eigenvalue weighted by atomic mass is 10.1. The number of carbonyl (C=O) groups is 2. The van der Waals surface area contributed by atoms with Gasteiger partial charge in [-0.15, -0.1) is 0 Å². The van der Waals surface area contributed by atoms with Gasteiger partial charge >= 0.3 is 0 Å². The zero-order valence-electron chi connectivity index (χ0n) is 14.2. The Morgan fingerprint density at radius 2 is 1.78 bits per heavy atom. The van der Waals surface area contributed by atoms with E-state index in [-0.39, 0.29) is 17.9 Å². The molecule has 1 aromatic carbocycles. The minimum atomic E-state index is -0.290. The zero-order valence-corrected chi connectivity index (χ0v) is 14.2. The topological polar surface area (TPSA) is 43.9 Å². The van der Waals surface area contributed by atoms with Crippen molar-refractivity contribution in [2.45, 2.75) is 33.2 Å². The summed E-state index contributed by atoms with van der Waals surface area (Å²) in [5, 5.41) is 0. The smallest absolute Gasteiger partial charge is 0.251 e. The number of hydrogen-bond donors (Lipinski definition) is 0. The Balaban J connectivity index is 1.79. The number of rotatable bonds is 3. The van der Waals surface area contributed by atoms with E-state index in [9.17, 15) is 9.59 Å². The van der Waals surface area contributed by atoms with Crippen LogP contribution in [0.15, 0.2) is 18.2 Å². The van der Waals surface area contributed by atoms with Gasteiger partial charge in [0.05, 0.1) is 18.2 Å². The van der Waals surface area contributed by atoms with Gasteiger partial charge in [-0.25, -0.2) is 4.90 Å². The van der Waals surface area contributed by atoms with Crippen LogP contribution in [0.2, 0.25) is 0 Å². The van der Waals surface area contributed by atoms with Gasteiger partial charge in [0.15, 0.2) is 0 Å². The summed E-state index contributed by atoms with van der Waals surface area (Å²) in [4.78, 5) is 31.3. The first-order valence-electron chi connectivity index (χ1n) is 8.41. The molecule has 0 bridgehead atoms. The van der Waals surface area contributed by atoms with E-state index in [4.69, 9.17) is 0 Å². The third-order valence-electron chi connectivity index (χ3n) is 5.02. The van der Waals surface area contributed by atoms with E-state index in [1.54, 1.807) is 0 Å². The van der Waals surface area contributed by atoms with E-state index in [1.807, 2.05) is 32.0 Å². The second kappa shape index (κ2) is 6.42.